The second-order valence-corrected chi connectivity index (χ2v) is 20.1. The molecule has 2 fully saturated rings. The number of rotatable bonds is 44. The van der Waals surface area contributed by atoms with Crippen LogP contribution in [-0.4, -0.2) is 140 Å². The van der Waals surface area contributed by atoms with Crippen molar-refractivity contribution in [2.75, 3.05) is 19.8 Å². The fraction of sp³-hybridized carbons (Fsp3) is 0.909. The number of nitrogens with one attached hydrogen (secondary N) is 1. The normalized spacial score (nSPS) is 26.3. The van der Waals surface area contributed by atoms with Gasteiger partial charge in [0, 0.05) is 6.42 Å². The van der Waals surface area contributed by atoms with Crippen molar-refractivity contribution in [3.05, 3.63) is 24.3 Å². The molecule has 14 heteroatoms. The van der Waals surface area contributed by atoms with Gasteiger partial charge in [-0.25, -0.2) is 0 Å². The van der Waals surface area contributed by atoms with E-state index in [0.29, 0.717) is 12.8 Å². The van der Waals surface area contributed by atoms with Crippen LogP contribution in [0, 0.1) is 0 Å². The molecule has 0 spiro atoms. The molecule has 0 aliphatic carbocycles. The van der Waals surface area contributed by atoms with Crippen molar-refractivity contribution in [2.24, 2.45) is 0 Å². The minimum Gasteiger partial charge on any atom is -0.394 e. The van der Waals surface area contributed by atoms with E-state index in [-0.39, 0.29) is 18.9 Å². The van der Waals surface area contributed by atoms with Gasteiger partial charge in [0.15, 0.2) is 12.6 Å². The predicted octanol–water partition coefficient (Wildman–Crippen LogP) is 8.50. The highest BCUT2D eigenvalue weighted by molar-refractivity contribution is 5.76. The van der Waals surface area contributed by atoms with Crippen molar-refractivity contribution >= 4 is 5.91 Å². The second-order valence-electron chi connectivity index (χ2n) is 20.1. The fourth-order valence-corrected chi connectivity index (χ4v) is 9.31. The summed E-state index contributed by atoms with van der Waals surface area (Å²) < 4.78 is 22.5. The smallest absolute Gasteiger partial charge is 0.220 e. The summed E-state index contributed by atoms with van der Waals surface area (Å²) in [6.07, 6.45) is 32.0. The number of carbonyl (C=O) groups excluding carboxylic acids is 1. The highest BCUT2D eigenvalue weighted by Crippen LogP contribution is 2.30. The van der Waals surface area contributed by atoms with Crippen LogP contribution in [0.5, 0.6) is 0 Å². The molecule has 2 aliphatic rings. The van der Waals surface area contributed by atoms with Gasteiger partial charge in [0.1, 0.15) is 48.8 Å². The molecule has 0 saturated carbocycles. The van der Waals surface area contributed by atoms with Gasteiger partial charge in [0.05, 0.1) is 32.0 Å². The minimum absolute atomic E-state index is 0.266. The van der Waals surface area contributed by atoms with Crippen molar-refractivity contribution in [2.45, 2.75) is 299 Å². The third kappa shape index (κ3) is 28.5. The Hall–Kier alpha value is -1.53. The molecule has 0 aromatic heterocycles. The Morgan fingerprint density at radius 1 is 0.507 bits per heavy atom. The Morgan fingerprint density at radius 2 is 0.928 bits per heavy atom. The number of carbonyl (C=O) groups is 1. The number of hydrogen-bond acceptors (Lipinski definition) is 13. The summed E-state index contributed by atoms with van der Waals surface area (Å²) in [5, 5.41) is 86.3. The maximum Gasteiger partial charge on any atom is 0.220 e. The number of aliphatic hydroxyl groups excluding tert-OH is 8. The van der Waals surface area contributed by atoms with Gasteiger partial charge in [0.25, 0.3) is 0 Å². The molecule has 2 heterocycles. The van der Waals surface area contributed by atoms with E-state index in [1.807, 2.05) is 6.08 Å². The molecule has 69 heavy (non-hydrogen) atoms. The van der Waals surface area contributed by atoms with E-state index >= 15 is 0 Å². The molecule has 406 valence electrons. The molecule has 0 aromatic carbocycles. The SMILES string of the molecule is CCCCCCCCCCCCCCCCCCCCCCCCCCC/C=C/CC/C=C/C(O)C(COC1OC(CO)C(OC2OC(CO)C(O)C(O)C2O)C(O)C1O)NC(=O)CCCCCC. The van der Waals surface area contributed by atoms with E-state index in [2.05, 4.69) is 31.3 Å². The van der Waals surface area contributed by atoms with E-state index in [4.69, 9.17) is 18.9 Å². The first-order valence-electron chi connectivity index (χ1n) is 28.1. The number of allylic oxidation sites excluding steroid dienone is 3. The van der Waals surface area contributed by atoms with Gasteiger partial charge in [-0.15, -0.1) is 0 Å². The number of aliphatic hydroxyl groups is 8. The van der Waals surface area contributed by atoms with Gasteiger partial charge in [-0.05, 0) is 32.1 Å². The Kier molecular flexibility index (Phi) is 38.6. The number of hydrogen-bond donors (Lipinski definition) is 9. The van der Waals surface area contributed by atoms with Crippen LogP contribution in [0.4, 0.5) is 0 Å². The molecular formula is C55H103NO13. The average molecular weight is 986 g/mol. The lowest BCUT2D eigenvalue weighted by molar-refractivity contribution is -0.359. The second kappa shape index (κ2) is 41.9. The largest absolute Gasteiger partial charge is 0.394 e. The Morgan fingerprint density at radius 3 is 1.42 bits per heavy atom. The van der Waals surface area contributed by atoms with E-state index in [1.165, 1.54) is 161 Å². The van der Waals surface area contributed by atoms with Crippen LogP contribution in [0.15, 0.2) is 24.3 Å². The first-order valence-corrected chi connectivity index (χ1v) is 28.1. The lowest BCUT2D eigenvalue weighted by Gasteiger charge is -2.46. The van der Waals surface area contributed by atoms with E-state index in [0.717, 1.165) is 32.1 Å². The summed E-state index contributed by atoms with van der Waals surface area (Å²) in [4.78, 5) is 12.9. The maximum atomic E-state index is 12.9. The predicted molar refractivity (Wildman–Crippen MR) is 272 cm³/mol. The molecule has 12 unspecified atom stereocenters. The minimum atomic E-state index is -1.79. The van der Waals surface area contributed by atoms with Gasteiger partial charge < -0.3 is 65.1 Å². The lowest BCUT2D eigenvalue weighted by Crippen LogP contribution is -2.65. The van der Waals surface area contributed by atoms with Crippen LogP contribution in [0.3, 0.4) is 0 Å². The van der Waals surface area contributed by atoms with Crippen LogP contribution in [0.1, 0.15) is 226 Å². The van der Waals surface area contributed by atoms with Gasteiger partial charge in [-0.3, -0.25) is 4.79 Å². The number of amides is 1. The molecule has 0 bridgehead atoms. The molecule has 2 aliphatic heterocycles. The quantitative estimate of drug-likeness (QED) is 0.0206. The zero-order valence-corrected chi connectivity index (χ0v) is 43.3. The third-order valence-electron chi connectivity index (χ3n) is 13.9. The Labute approximate surface area is 418 Å². The van der Waals surface area contributed by atoms with E-state index in [1.54, 1.807) is 6.08 Å². The summed E-state index contributed by atoms with van der Waals surface area (Å²) in [5.41, 5.74) is 0. The lowest BCUT2D eigenvalue weighted by atomic mass is 9.97. The first kappa shape index (κ1) is 63.6. The Balaban J connectivity index is 1.60. The van der Waals surface area contributed by atoms with Crippen LogP contribution in [0.2, 0.25) is 0 Å². The average Bonchev–Trinajstić information content (AvgIpc) is 3.35. The molecule has 9 N–H and O–H groups in total. The first-order chi connectivity index (χ1) is 33.6. The third-order valence-corrected chi connectivity index (χ3v) is 13.9. The van der Waals surface area contributed by atoms with Gasteiger partial charge >= 0.3 is 0 Å². The molecule has 2 rings (SSSR count). The van der Waals surface area contributed by atoms with E-state index in [9.17, 15) is 45.6 Å². The van der Waals surface area contributed by atoms with Crippen molar-refractivity contribution < 1.29 is 64.6 Å². The van der Waals surface area contributed by atoms with Crippen LogP contribution < -0.4 is 5.32 Å². The molecule has 0 radical (unpaired) electrons. The van der Waals surface area contributed by atoms with Crippen LogP contribution >= 0.6 is 0 Å². The van der Waals surface area contributed by atoms with Gasteiger partial charge in [0.2, 0.25) is 5.91 Å². The van der Waals surface area contributed by atoms with Gasteiger partial charge in [-0.1, -0.05) is 212 Å². The number of ether oxygens (including phenoxy) is 4. The summed E-state index contributed by atoms with van der Waals surface area (Å²) in [6, 6.07) is -0.924. The molecule has 12 atom stereocenters. The van der Waals surface area contributed by atoms with Crippen molar-refractivity contribution in [1.82, 2.24) is 5.32 Å². The van der Waals surface area contributed by atoms with E-state index < -0.39 is 86.8 Å². The van der Waals surface area contributed by atoms with Crippen LogP contribution in [0.25, 0.3) is 0 Å². The Bertz CT molecular complexity index is 1260. The summed E-state index contributed by atoms with van der Waals surface area (Å²) >= 11 is 0. The standard InChI is InChI=1S/C55H103NO13/c1-3-5-7-9-10-11-12-13-14-15-16-17-18-19-20-21-22-23-24-25-26-27-28-29-30-31-32-33-34-35-36-38-44(59)43(56-47(60)39-37-8-6-4-2)42-66-54-52(65)50(63)53(46(41-58)68-54)69-55-51(64)49(62)48(61)45(40-57)67-55/h32-33,36,38,43-46,48-55,57-59,61-65H,3-31,34-35,37,39-42H2,1-2H3,(H,56,60)/b33-32+,38-36+. The van der Waals surface area contributed by atoms with Crippen LogP contribution in [-0.2, 0) is 23.7 Å². The summed E-state index contributed by atoms with van der Waals surface area (Å²) in [7, 11) is 0. The fourth-order valence-electron chi connectivity index (χ4n) is 9.31. The topological polar surface area (TPSA) is 228 Å². The zero-order chi connectivity index (χ0) is 50.3. The van der Waals surface area contributed by atoms with Crippen molar-refractivity contribution in [1.29, 1.82) is 0 Å². The molecule has 0 aromatic rings. The summed E-state index contributed by atoms with van der Waals surface area (Å²) in [5.74, 6) is -0.266. The van der Waals surface area contributed by atoms with Crippen molar-refractivity contribution in [3.63, 3.8) is 0 Å². The summed E-state index contributed by atoms with van der Waals surface area (Å²) in [6.45, 7) is 2.64. The molecule has 1 amide bonds. The zero-order valence-electron chi connectivity index (χ0n) is 43.3. The molecule has 2 saturated heterocycles. The maximum absolute atomic E-state index is 12.9. The monoisotopic (exact) mass is 986 g/mol. The molecular weight excluding hydrogens is 883 g/mol. The van der Waals surface area contributed by atoms with Crippen molar-refractivity contribution in [3.8, 4) is 0 Å². The highest BCUT2D eigenvalue weighted by Gasteiger charge is 2.51. The van der Waals surface area contributed by atoms with Gasteiger partial charge in [-0.2, -0.15) is 0 Å². The molecule has 14 nitrogen and oxygen atoms in total. The highest BCUT2D eigenvalue weighted by atomic mass is 16.7. The number of unbranched alkanes of at least 4 members (excludes halogenated alkanes) is 29.